The number of hydrogen-bond acceptors (Lipinski definition) is 4. The van der Waals surface area contributed by atoms with Gasteiger partial charge in [-0.1, -0.05) is 13.0 Å². The number of aliphatic hydroxyl groups is 1. The summed E-state index contributed by atoms with van der Waals surface area (Å²) in [5, 5.41) is 9.61. The number of aliphatic hydroxyl groups excluding tert-OH is 1. The molecule has 1 amide bonds. The smallest absolute Gasteiger partial charge is 0.265 e. The van der Waals surface area contributed by atoms with Gasteiger partial charge in [0.15, 0.2) is 5.60 Å². The molecule has 4 rings (SSSR count). The van der Waals surface area contributed by atoms with Crippen LogP contribution in [-0.2, 0) is 15.1 Å². The fourth-order valence-corrected chi connectivity index (χ4v) is 6.11. The van der Waals surface area contributed by atoms with Crippen LogP contribution in [0.2, 0.25) is 0 Å². The van der Waals surface area contributed by atoms with Crippen LogP contribution < -0.4 is 9.64 Å². The molecule has 0 aromatic heterocycles. The third-order valence-electron chi connectivity index (χ3n) is 7.16. The predicted octanol–water partition coefficient (Wildman–Crippen LogP) is 4.21. The summed E-state index contributed by atoms with van der Waals surface area (Å²) in [7, 11) is 1.60. The van der Waals surface area contributed by atoms with Crippen molar-refractivity contribution in [3.8, 4) is 5.75 Å². The van der Waals surface area contributed by atoms with Crippen LogP contribution in [0.4, 0.5) is 10.1 Å². The Morgan fingerprint density at radius 3 is 2.57 bits per heavy atom. The highest BCUT2D eigenvalue weighted by molar-refractivity contribution is 6.12. The molecule has 6 heteroatoms. The number of hydrogen-bond donors (Lipinski definition) is 1. The van der Waals surface area contributed by atoms with Crippen LogP contribution in [0.25, 0.3) is 5.57 Å². The first kappa shape index (κ1) is 21.3. The number of alkyl halides is 1. The van der Waals surface area contributed by atoms with Crippen molar-refractivity contribution in [1.29, 1.82) is 0 Å². The van der Waals surface area contributed by atoms with Crippen LogP contribution in [0.3, 0.4) is 0 Å². The fraction of sp³-hybridized carbons (Fsp3) is 0.625. The second kappa shape index (κ2) is 6.54. The second-order valence-corrected chi connectivity index (χ2v) is 9.98. The molecule has 1 aromatic rings. The second-order valence-electron chi connectivity index (χ2n) is 9.98. The van der Waals surface area contributed by atoms with E-state index in [9.17, 15) is 9.90 Å². The number of rotatable bonds is 4. The number of allylic oxidation sites excluding steroid dienone is 1. The van der Waals surface area contributed by atoms with Gasteiger partial charge >= 0.3 is 0 Å². The van der Waals surface area contributed by atoms with Crippen molar-refractivity contribution >= 4 is 17.2 Å². The van der Waals surface area contributed by atoms with Crippen molar-refractivity contribution in [3.63, 3.8) is 0 Å². The number of benzene rings is 1. The van der Waals surface area contributed by atoms with E-state index in [1.807, 2.05) is 44.7 Å². The van der Waals surface area contributed by atoms with Gasteiger partial charge in [0.1, 0.15) is 11.4 Å². The summed E-state index contributed by atoms with van der Waals surface area (Å²) in [6.45, 7) is 10.9. The summed E-state index contributed by atoms with van der Waals surface area (Å²) in [4.78, 5) is 15.9. The average molecular weight is 418 g/mol. The van der Waals surface area contributed by atoms with Gasteiger partial charge < -0.3 is 14.6 Å². The van der Waals surface area contributed by atoms with Crippen LogP contribution in [0.5, 0.6) is 5.75 Å². The number of methoxy groups -OCH3 is 1. The monoisotopic (exact) mass is 417 g/mol. The fourth-order valence-electron chi connectivity index (χ4n) is 6.11. The van der Waals surface area contributed by atoms with Crippen molar-refractivity contribution in [2.24, 2.45) is 11.8 Å². The summed E-state index contributed by atoms with van der Waals surface area (Å²) < 4.78 is 27.4. The Kier molecular flexibility index (Phi) is 4.65. The lowest BCUT2D eigenvalue weighted by atomic mass is 9.71. The number of anilines is 1. The van der Waals surface area contributed by atoms with E-state index in [0.717, 1.165) is 22.4 Å². The minimum absolute atomic E-state index is 0.125. The van der Waals surface area contributed by atoms with Crippen molar-refractivity contribution in [2.75, 3.05) is 18.6 Å². The zero-order valence-electron chi connectivity index (χ0n) is 18.9. The molecule has 0 aliphatic carbocycles. The molecule has 30 heavy (non-hydrogen) atoms. The van der Waals surface area contributed by atoms with E-state index in [0.29, 0.717) is 5.75 Å². The molecular formula is C24H32FNO4. The lowest BCUT2D eigenvalue weighted by Crippen LogP contribution is -2.53. The van der Waals surface area contributed by atoms with Gasteiger partial charge in [0.2, 0.25) is 0 Å². The minimum atomic E-state index is -1.57. The van der Waals surface area contributed by atoms with Gasteiger partial charge in [-0.3, -0.25) is 9.69 Å². The third-order valence-corrected chi connectivity index (χ3v) is 7.16. The molecule has 3 aliphatic rings. The van der Waals surface area contributed by atoms with Gasteiger partial charge in [-0.05, 0) is 58.7 Å². The summed E-state index contributed by atoms with van der Waals surface area (Å²) in [5.74, 6) is -0.473. The van der Waals surface area contributed by atoms with Crippen LogP contribution in [0, 0.1) is 11.8 Å². The van der Waals surface area contributed by atoms with E-state index in [2.05, 4.69) is 6.08 Å². The number of nitrogens with zero attached hydrogens (tertiary/aromatic N) is 1. The summed E-state index contributed by atoms with van der Waals surface area (Å²) in [6.07, 6.45) is 1.80. The highest BCUT2D eigenvalue weighted by Gasteiger charge is 2.68. The maximum Gasteiger partial charge on any atom is 0.265 e. The van der Waals surface area contributed by atoms with Gasteiger partial charge in [0, 0.05) is 29.6 Å². The van der Waals surface area contributed by atoms with E-state index in [1.165, 1.54) is 13.8 Å². The first-order valence-corrected chi connectivity index (χ1v) is 10.6. The molecule has 5 nitrogen and oxygen atoms in total. The molecule has 0 bridgehead atoms. The van der Waals surface area contributed by atoms with Gasteiger partial charge in [0.25, 0.3) is 5.91 Å². The normalized spacial score (nSPS) is 31.9. The Labute approximate surface area is 177 Å². The predicted molar refractivity (Wildman–Crippen MR) is 114 cm³/mol. The molecule has 1 aromatic carbocycles. The number of fused-ring (bicyclic) bond motifs is 1. The minimum Gasteiger partial charge on any atom is -0.497 e. The van der Waals surface area contributed by atoms with Crippen LogP contribution >= 0.6 is 0 Å². The standard InChI is InChI=1S/C24H32FNO4/c1-13-12-22(3,4)26-20-16(13)10-15(29-7)11-17(20)24(21(26)28)14(2)19(23(5,6)25)18(30-24)8-9-27/h10-12,14,18-19,27H,8-9H2,1-7H3/t14-,18+,19-,24+/m0/s1. The lowest BCUT2D eigenvalue weighted by Gasteiger charge is -2.39. The largest absolute Gasteiger partial charge is 0.497 e. The third kappa shape index (κ3) is 2.62. The summed E-state index contributed by atoms with van der Waals surface area (Å²) in [5.41, 5.74) is 0.161. The zero-order chi connectivity index (χ0) is 22.2. The van der Waals surface area contributed by atoms with Crippen molar-refractivity contribution in [2.45, 2.75) is 70.9 Å². The van der Waals surface area contributed by atoms with Gasteiger partial charge in [0.05, 0.1) is 24.4 Å². The van der Waals surface area contributed by atoms with Gasteiger partial charge in [-0.25, -0.2) is 4.39 Å². The van der Waals surface area contributed by atoms with Crippen LogP contribution in [-0.4, -0.2) is 42.0 Å². The first-order chi connectivity index (χ1) is 13.9. The lowest BCUT2D eigenvalue weighted by molar-refractivity contribution is -0.147. The quantitative estimate of drug-likeness (QED) is 0.797. The molecule has 4 atom stereocenters. The molecule has 0 unspecified atom stereocenters. The zero-order valence-corrected chi connectivity index (χ0v) is 18.9. The van der Waals surface area contributed by atoms with Crippen LogP contribution in [0.1, 0.15) is 59.1 Å². The molecule has 0 radical (unpaired) electrons. The molecule has 164 valence electrons. The average Bonchev–Trinajstić information content (AvgIpc) is 3.06. The SMILES string of the molecule is COc1cc2c3c(c1)[C@@]1(O[C@H](CCO)[C@@H](C(C)(C)F)[C@@H]1C)C(=O)N3C(C)(C)C=C2C. The maximum absolute atomic E-state index is 15.4. The van der Waals surface area contributed by atoms with E-state index in [-0.39, 0.29) is 18.9 Å². The molecule has 3 heterocycles. The Bertz CT molecular complexity index is 932. The highest BCUT2D eigenvalue weighted by Crippen LogP contribution is 2.62. The Morgan fingerprint density at radius 1 is 1.33 bits per heavy atom. The van der Waals surface area contributed by atoms with Gasteiger partial charge in [-0.2, -0.15) is 0 Å². The van der Waals surface area contributed by atoms with Crippen molar-refractivity contribution in [3.05, 3.63) is 29.3 Å². The number of amides is 1. The molecule has 1 fully saturated rings. The summed E-state index contributed by atoms with van der Waals surface area (Å²) >= 11 is 0. The van der Waals surface area contributed by atoms with E-state index >= 15 is 4.39 Å². The Balaban J connectivity index is 2.00. The van der Waals surface area contributed by atoms with Crippen LogP contribution in [0.15, 0.2) is 18.2 Å². The molecule has 0 saturated carbocycles. The number of halogens is 1. The number of ether oxygens (including phenoxy) is 2. The molecule has 1 N–H and O–H groups in total. The summed E-state index contributed by atoms with van der Waals surface area (Å²) in [6, 6.07) is 3.81. The number of carbonyl (C=O) groups is 1. The molecule has 1 spiro atoms. The van der Waals surface area contributed by atoms with E-state index in [1.54, 1.807) is 7.11 Å². The Morgan fingerprint density at radius 2 is 2.00 bits per heavy atom. The highest BCUT2D eigenvalue weighted by atomic mass is 19.1. The topological polar surface area (TPSA) is 59.0 Å². The molecule has 1 saturated heterocycles. The molecular weight excluding hydrogens is 385 g/mol. The van der Waals surface area contributed by atoms with Crippen molar-refractivity contribution < 1.29 is 23.8 Å². The van der Waals surface area contributed by atoms with Crippen molar-refractivity contribution in [1.82, 2.24) is 0 Å². The molecule has 3 aliphatic heterocycles. The van der Waals surface area contributed by atoms with Gasteiger partial charge in [-0.15, -0.1) is 0 Å². The first-order valence-electron chi connectivity index (χ1n) is 10.6. The maximum atomic E-state index is 15.4. The Hall–Kier alpha value is -1.92. The van der Waals surface area contributed by atoms with E-state index in [4.69, 9.17) is 9.47 Å². The number of carbonyl (C=O) groups excluding carboxylic acids is 1. The van der Waals surface area contributed by atoms with E-state index < -0.39 is 34.7 Å².